The molecule has 0 aliphatic carbocycles. The molecule has 7 nitrogen and oxygen atoms in total. The highest BCUT2D eigenvalue weighted by molar-refractivity contribution is 5.99. The van der Waals surface area contributed by atoms with Gasteiger partial charge in [0.15, 0.2) is 0 Å². The number of likely N-dealkylation sites (N-methyl/N-ethyl adjacent to an activating group) is 1. The molecule has 1 aromatic carbocycles. The Labute approximate surface area is 145 Å². The summed E-state index contributed by atoms with van der Waals surface area (Å²) in [5.41, 5.74) is 0.504. The van der Waals surface area contributed by atoms with Crippen molar-refractivity contribution in [2.24, 2.45) is 0 Å². The highest BCUT2D eigenvalue weighted by Crippen LogP contribution is 2.16. The summed E-state index contributed by atoms with van der Waals surface area (Å²) in [4.78, 5) is 25.0. The van der Waals surface area contributed by atoms with Gasteiger partial charge in [-0.2, -0.15) is 0 Å². The number of hydrogen-bond acceptors (Lipinski definition) is 5. The number of urea groups is 1. The maximum atomic E-state index is 12.9. The van der Waals surface area contributed by atoms with Gasteiger partial charge in [-0.25, -0.2) is 19.2 Å². The van der Waals surface area contributed by atoms with E-state index in [4.69, 9.17) is 0 Å². The summed E-state index contributed by atoms with van der Waals surface area (Å²) in [5, 5.41) is 5.31. The van der Waals surface area contributed by atoms with Gasteiger partial charge in [0.05, 0.1) is 0 Å². The number of rotatable bonds is 4. The molecule has 1 aliphatic heterocycles. The second kappa shape index (κ2) is 7.89. The van der Waals surface area contributed by atoms with E-state index in [1.807, 2.05) is 0 Å². The van der Waals surface area contributed by atoms with Crippen LogP contribution in [0.5, 0.6) is 0 Å². The number of nitrogens with zero attached hydrogens (tertiary/aromatic N) is 4. The summed E-state index contributed by atoms with van der Waals surface area (Å²) in [6.07, 6.45) is 1.44. The standard InChI is InChI=1S/C17H21FN6O/c1-2-23-7-9-24(10-8-23)16-11-15(19-12-20-16)22-17(25)21-14-5-3-13(18)4-6-14/h3-6,11-12H,2,7-10H2,1H3,(H2,19,20,21,22,25). The summed E-state index contributed by atoms with van der Waals surface area (Å²) >= 11 is 0. The molecule has 1 saturated heterocycles. The van der Waals surface area contributed by atoms with E-state index < -0.39 is 6.03 Å². The molecule has 1 fully saturated rings. The van der Waals surface area contributed by atoms with Crippen LogP contribution in [-0.2, 0) is 0 Å². The fraction of sp³-hybridized carbons (Fsp3) is 0.353. The topological polar surface area (TPSA) is 73.4 Å². The third-order valence-electron chi connectivity index (χ3n) is 4.14. The van der Waals surface area contributed by atoms with Crippen molar-refractivity contribution in [1.82, 2.24) is 14.9 Å². The van der Waals surface area contributed by atoms with E-state index in [2.05, 4.69) is 37.3 Å². The van der Waals surface area contributed by atoms with Crippen LogP contribution in [0.3, 0.4) is 0 Å². The van der Waals surface area contributed by atoms with Gasteiger partial charge < -0.3 is 15.1 Å². The van der Waals surface area contributed by atoms with Crippen molar-refractivity contribution in [1.29, 1.82) is 0 Å². The van der Waals surface area contributed by atoms with Crippen LogP contribution in [0.4, 0.5) is 26.5 Å². The van der Waals surface area contributed by atoms with Crippen molar-refractivity contribution in [2.45, 2.75) is 6.92 Å². The predicted octanol–water partition coefficient (Wildman–Crippen LogP) is 2.40. The molecule has 0 saturated carbocycles. The molecule has 2 amide bonds. The Hall–Kier alpha value is -2.74. The monoisotopic (exact) mass is 344 g/mol. The summed E-state index contributed by atoms with van der Waals surface area (Å²) < 4.78 is 12.9. The molecule has 0 bridgehead atoms. The van der Waals surface area contributed by atoms with Gasteiger partial charge >= 0.3 is 6.03 Å². The summed E-state index contributed by atoms with van der Waals surface area (Å²) in [5.74, 6) is 0.861. The van der Waals surface area contributed by atoms with Crippen LogP contribution in [0.15, 0.2) is 36.7 Å². The predicted molar refractivity (Wildman–Crippen MR) is 95.4 cm³/mol. The van der Waals surface area contributed by atoms with Crippen LogP contribution >= 0.6 is 0 Å². The molecule has 3 rings (SSSR count). The van der Waals surface area contributed by atoms with Gasteiger partial charge in [-0.05, 0) is 30.8 Å². The first-order valence-electron chi connectivity index (χ1n) is 8.27. The minimum absolute atomic E-state index is 0.352. The summed E-state index contributed by atoms with van der Waals surface area (Å²) in [7, 11) is 0. The Balaban J connectivity index is 1.59. The minimum atomic E-state index is -0.438. The van der Waals surface area contributed by atoms with E-state index >= 15 is 0 Å². The number of carbonyl (C=O) groups is 1. The fourth-order valence-electron chi connectivity index (χ4n) is 2.69. The number of halogens is 1. The Morgan fingerprint density at radius 3 is 2.52 bits per heavy atom. The zero-order valence-corrected chi connectivity index (χ0v) is 14.1. The first kappa shape index (κ1) is 17.1. The van der Waals surface area contributed by atoms with Gasteiger partial charge in [-0.15, -0.1) is 0 Å². The van der Waals surface area contributed by atoms with Crippen molar-refractivity contribution in [3.8, 4) is 0 Å². The van der Waals surface area contributed by atoms with E-state index in [0.29, 0.717) is 11.5 Å². The van der Waals surface area contributed by atoms with Gasteiger partial charge in [0, 0.05) is 37.9 Å². The molecule has 132 valence electrons. The number of hydrogen-bond donors (Lipinski definition) is 2. The number of benzene rings is 1. The van der Waals surface area contributed by atoms with Crippen LogP contribution in [0.25, 0.3) is 0 Å². The first-order valence-corrected chi connectivity index (χ1v) is 8.27. The Morgan fingerprint density at radius 2 is 1.84 bits per heavy atom. The summed E-state index contributed by atoms with van der Waals surface area (Å²) in [6.45, 7) is 6.98. The first-order chi connectivity index (χ1) is 12.1. The number of piperazine rings is 1. The molecule has 0 radical (unpaired) electrons. The third-order valence-corrected chi connectivity index (χ3v) is 4.14. The molecule has 2 N–H and O–H groups in total. The number of anilines is 3. The highest BCUT2D eigenvalue weighted by Gasteiger charge is 2.17. The SMILES string of the molecule is CCN1CCN(c2cc(NC(=O)Nc3ccc(F)cc3)ncn2)CC1. The van der Waals surface area contributed by atoms with E-state index in [1.54, 1.807) is 6.07 Å². The second-order valence-electron chi connectivity index (χ2n) is 5.77. The van der Waals surface area contributed by atoms with Crippen molar-refractivity contribution < 1.29 is 9.18 Å². The molecule has 8 heteroatoms. The average molecular weight is 344 g/mol. The number of carbonyl (C=O) groups excluding carboxylic acids is 1. The highest BCUT2D eigenvalue weighted by atomic mass is 19.1. The lowest BCUT2D eigenvalue weighted by molar-refractivity contribution is 0.262. The molecule has 0 spiro atoms. The zero-order valence-electron chi connectivity index (χ0n) is 14.1. The number of aromatic nitrogens is 2. The lowest BCUT2D eigenvalue weighted by Crippen LogP contribution is -2.46. The van der Waals surface area contributed by atoms with Crippen molar-refractivity contribution in [3.63, 3.8) is 0 Å². The molecule has 2 aromatic rings. The molecule has 25 heavy (non-hydrogen) atoms. The number of nitrogens with one attached hydrogen (secondary N) is 2. The van der Waals surface area contributed by atoms with Crippen LogP contribution in [0, 0.1) is 5.82 Å². The minimum Gasteiger partial charge on any atom is -0.354 e. The third kappa shape index (κ3) is 4.63. The molecular formula is C17H21FN6O. The Morgan fingerprint density at radius 1 is 1.12 bits per heavy atom. The van der Waals surface area contributed by atoms with E-state index in [0.717, 1.165) is 38.5 Å². The molecule has 1 aliphatic rings. The van der Waals surface area contributed by atoms with Crippen LogP contribution < -0.4 is 15.5 Å². The zero-order chi connectivity index (χ0) is 17.6. The normalized spacial score (nSPS) is 15.0. The lowest BCUT2D eigenvalue weighted by Gasteiger charge is -2.34. The van der Waals surface area contributed by atoms with Crippen molar-refractivity contribution in [2.75, 3.05) is 48.3 Å². The van der Waals surface area contributed by atoms with Crippen molar-refractivity contribution in [3.05, 3.63) is 42.5 Å². The van der Waals surface area contributed by atoms with Gasteiger partial charge in [-0.1, -0.05) is 6.92 Å². The van der Waals surface area contributed by atoms with E-state index in [9.17, 15) is 9.18 Å². The lowest BCUT2D eigenvalue weighted by atomic mass is 10.3. The van der Waals surface area contributed by atoms with Gasteiger partial charge in [0.1, 0.15) is 23.8 Å². The number of amides is 2. The summed E-state index contributed by atoms with van der Waals surface area (Å²) in [6, 6.07) is 6.88. The van der Waals surface area contributed by atoms with E-state index in [-0.39, 0.29) is 5.82 Å². The largest absolute Gasteiger partial charge is 0.354 e. The molecule has 2 heterocycles. The van der Waals surface area contributed by atoms with Crippen molar-refractivity contribution >= 4 is 23.4 Å². The molecule has 0 unspecified atom stereocenters. The Kier molecular flexibility index (Phi) is 5.39. The van der Waals surface area contributed by atoms with Crippen LogP contribution in [0.1, 0.15) is 6.92 Å². The molecular weight excluding hydrogens is 323 g/mol. The van der Waals surface area contributed by atoms with Crippen LogP contribution in [-0.4, -0.2) is 53.6 Å². The van der Waals surface area contributed by atoms with Gasteiger partial charge in [0.25, 0.3) is 0 Å². The second-order valence-corrected chi connectivity index (χ2v) is 5.77. The maximum absolute atomic E-state index is 12.9. The smallest absolute Gasteiger partial charge is 0.324 e. The fourth-order valence-corrected chi connectivity index (χ4v) is 2.69. The van der Waals surface area contributed by atoms with Gasteiger partial charge in [-0.3, -0.25) is 5.32 Å². The quantitative estimate of drug-likeness (QED) is 0.891. The average Bonchev–Trinajstić information content (AvgIpc) is 2.64. The molecule has 1 aromatic heterocycles. The van der Waals surface area contributed by atoms with Gasteiger partial charge in [0.2, 0.25) is 0 Å². The van der Waals surface area contributed by atoms with E-state index in [1.165, 1.54) is 30.6 Å². The Bertz CT molecular complexity index is 715. The van der Waals surface area contributed by atoms with Crippen LogP contribution in [0.2, 0.25) is 0 Å². The molecule has 0 atom stereocenters. The maximum Gasteiger partial charge on any atom is 0.324 e.